The zero-order valence-electron chi connectivity index (χ0n) is 8.00. The van der Waals surface area contributed by atoms with Gasteiger partial charge in [-0.25, -0.2) is 0 Å². The Morgan fingerprint density at radius 2 is 1.80 bits per heavy atom. The Kier molecular flexibility index (Phi) is 2.69. The van der Waals surface area contributed by atoms with Gasteiger partial charge in [-0.05, 0) is 12.0 Å². The van der Waals surface area contributed by atoms with Crippen LogP contribution in [-0.2, 0) is 4.74 Å². The van der Waals surface area contributed by atoms with E-state index in [0.717, 1.165) is 0 Å². The van der Waals surface area contributed by atoms with Gasteiger partial charge in [-0.1, -0.05) is 30.3 Å². The van der Waals surface area contributed by atoms with Gasteiger partial charge >= 0.3 is 6.18 Å². The summed E-state index contributed by atoms with van der Waals surface area (Å²) in [7, 11) is 0. The molecule has 0 aromatic heterocycles. The molecular weight excluding hydrogens is 205 g/mol. The lowest BCUT2D eigenvalue weighted by Crippen LogP contribution is -2.25. The van der Waals surface area contributed by atoms with E-state index in [0.29, 0.717) is 5.56 Å². The number of hydrogen-bond donors (Lipinski definition) is 0. The Bertz CT molecular complexity index is 320. The van der Waals surface area contributed by atoms with Gasteiger partial charge in [0.2, 0.25) is 0 Å². The molecule has 1 aromatic carbocycles. The number of benzene rings is 1. The average molecular weight is 216 g/mol. The third-order valence-electron chi connectivity index (χ3n) is 2.64. The van der Waals surface area contributed by atoms with Crippen molar-refractivity contribution in [1.82, 2.24) is 0 Å². The van der Waals surface area contributed by atoms with Crippen molar-refractivity contribution in [1.29, 1.82) is 0 Å². The molecule has 2 rings (SSSR count). The van der Waals surface area contributed by atoms with Crippen LogP contribution in [0.25, 0.3) is 0 Å². The Hall–Kier alpha value is -1.03. The van der Waals surface area contributed by atoms with E-state index < -0.39 is 18.2 Å². The minimum absolute atomic E-state index is 0.0586. The summed E-state index contributed by atoms with van der Waals surface area (Å²) in [5, 5.41) is 0. The van der Waals surface area contributed by atoms with Crippen LogP contribution in [0.3, 0.4) is 0 Å². The molecule has 0 bridgehead atoms. The first-order chi connectivity index (χ1) is 7.09. The number of ether oxygens (including phenoxy) is 1. The van der Waals surface area contributed by atoms with Gasteiger partial charge in [-0.3, -0.25) is 0 Å². The molecule has 0 radical (unpaired) electrons. The minimum atomic E-state index is -4.17. The van der Waals surface area contributed by atoms with Crippen LogP contribution < -0.4 is 0 Å². The van der Waals surface area contributed by atoms with E-state index in [4.69, 9.17) is 4.74 Å². The molecule has 82 valence electrons. The largest absolute Gasteiger partial charge is 0.394 e. The van der Waals surface area contributed by atoms with Gasteiger partial charge in [0.25, 0.3) is 0 Å². The van der Waals surface area contributed by atoms with E-state index in [2.05, 4.69) is 0 Å². The van der Waals surface area contributed by atoms with Crippen molar-refractivity contribution < 1.29 is 17.9 Å². The maximum Gasteiger partial charge on any atom is 0.394 e. The lowest BCUT2D eigenvalue weighted by Gasteiger charge is -2.21. The molecule has 1 aliphatic rings. The SMILES string of the molecule is FC(F)(F)[C@@H]1CCO[C@@H]1c1ccccc1. The summed E-state index contributed by atoms with van der Waals surface area (Å²) in [6.45, 7) is 0.184. The van der Waals surface area contributed by atoms with Crippen LogP contribution in [0, 0.1) is 5.92 Å². The lowest BCUT2D eigenvalue weighted by molar-refractivity contribution is -0.187. The van der Waals surface area contributed by atoms with Crippen molar-refractivity contribution in [3.8, 4) is 0 Å². The third-order valence-corrected chi connectivity index (χ3v) is 2.64. The van der Waals surface area contributed by atoms with Gasteiger partial charge < -0.3 is 4.74 Å². The molecule has 2 atom stereocenters. The molecule has 0 amide bonds. The molecule has 1 aromatic rings. The summed E-state index contributed by atoms with van der Waals surface area (Å²) in [5.41, 5.74) is 0.609. The maximum atomic E-state index is 12.6. The van der Waals surface area contributed by atoms with E-state index in [1.54, 1.807) is 30.3 Å². The van der Waals surface area contributed by atoms with Crippen molar-refractivity contribution >= 4 is 0 Å². The van der Waals surface area contributed by atoms with Gasteiger partial charge in [0.15, 0.2) is 0 Å². The van der Waals surface area contributed by atoms with Gasteiger partial charge in [0.1, 0.15) is 0 Å². The molecule has 0 aliphatic carbocycles. The van der Waals surface area contributed by atoms with E-state index in [-0.39, 0.29) is 13.0 Å². The smallest absolute Gasteiger partial charge is 0.373 e. The highest BCUT2D eigenvalue weighted by Gasteiger charge is 2.48. The molecule has 1 saturated heterocycles. The van der Waals surface area contributed by atoms with Crippen LogP contribution in [-0.4, -0.2) is 12.8 Å². The molecule has 0 spiro atoms. The first kappa shape index (κ1) is 10.5. The highest BCUT2D eigenvalue weighted by Crippen LogP contribution is 2.44. The van der Waals surface area contributed by atoms with Gasteiger partial charge in [0, 0.05) is 6.61 Å². The first-order valence-corrected chi connectivity index (χ1v) is 4.82. The van der Waals surface area contributed by atoms with Crippen molar-refractivity contribution in [3.05, 3.63) is 35.9 Å². The second-order valence-corrected chi connectivity index (χ2v) is 3.64. The highest BCUT2D eigenvalue weighted by molar-refractivity contribution is 5.19. The summed E-state index contributed by atoms with van der Waals surface area (Å²) in [5.74, 6) is -1.36. The molecule has 0 saturated carbocycles. The molecule has 1 aliphatic heterocycles. The number of rotatable bonds is 1. The summed E-state index contributed by atoms with van der Waals surface area (Å²) in [6, 6.07) is 8.58. The summed E-state index contributed by atoms with van der Waals surface area (Å²) in [4.78, 5) is 0. The molecule has 4 heteroatoms. The molecule has 15 heavy (non-hydrogen) atoms. The van der Waals surface area contributed by atoms with Crippen LogP contribution in [0.2, 0.25) is 0 Å². The van der Waals surface area contributed by atoms with Gasteiger partial charge in [0.05, 0.1) is 12.0 Å². The van der Waals surface area contributed by atoms with Crippen molar-refractivity contribution in [3.63, 3.8) is 0 Å². The molecule has 1 nitrogen and oxygen atoms in total. The number of halogens is 3. The quantitative estimate of drug-likeness (QED) is 0.699. The highest BCUT2D eigenvalue weighted by atomic mass is 19.4. The fourth-order valence-corrected chi connectivity index (χ4v) is 1.90. The van der Waals surface area contributed by atoms with Crippen LogP contribution in [0.15, 0.2) is 30.3 Å². The fourth-order valence-electron chi connectivity index (χ4n) is 1.90. The summed E-state index contributed by atoms with van der Waals surface area (Å²) >= 11 is 0. The number of alkyl halides is 3. The maximum absolute atomic E-state index is 12.6. The van der Waals surface area contributed by atoms with Gasteiger partial charge in [-0.15, -0.1) is 0 Å². The minimum Gasteiger partial charge on any atom is -0.373 e. The first-order valence-electron chi connectivity index (χ1n) is 4.82. The topological polar surface area (TPSA) is 9.23 Å². The molecule has 1 heterocycles. The molecule has 0 unspecified atom stereocenters. The lowest BCUT2D eigenvalue weighted by atomic mass is 9.95. The van der Waals surface area contributed by atoms with E-state index in [9.17, 15) is 13.2 Å². The Balaban J connectivity index is 2.23. The number of hydrogen-bond acceptors (Lipinski definition) is 1. The van der Waals surface area contributed by atoms with Crippen molar-refractivity contribution in [2.24, 2.45) is 5.92 Å². The molecule has 1 fully saturated rings. The Morgan fingerprint density at radius 3 is 2.40 bits per heavy atom. The summed E-state index contributed by atoms with van der Waals surface area (Å²) < 4.78 is 43.0. The van der Waals surface area contributed by atoms with E-state index in [1.165, 1.54) is 0 Å². The van der Waals surface area contributed by atoms with Crippen molar-refractivity contribution in [2.75, 3.05) is 6.61 Å². The van der Waals surface area contributed by atoms with E-state index >= 15 is 0 Å². The standard InChI is InChI=1S/C11H11F3O/c12-11(13,14)9-6-7-15-10(9)8-4-2-1-3-5-8/h1-5,9-10H,6-7H2/t9-,10-/m1/s1. The zero-order chi connectivity index (χ0) is 10.9. The second-order valence-electron chi connectivity index (χ2n) is 3.64. The fraction of sp³-hybridized carbons (Fsp3) is 0.455. The van der Waals surface area contributed by atoms with Crippen LogP contribution in [0.1, 0.15) is 18.1 Å². The Morgan fingerprint density at radius 1 is 1.13 bits per heavy atom. The van der Waals surface area contributed by atoms with Crippen LogP contribution in [0.4, 0.5) is 13.2 Å². The predicted molar refractivity (Wildman–Crippen MR) is 49.3 cm³/mol. The summed E-state index contributed by atoms with van der Waals surface area (Å²) in [6.07, 6.45) is -4.94. The third kappa shape index (κ3) is 2.15. The van der Waals surface area contributed by atoms with Crippen molar-refractivity contribution in [2.45, 2.75) is 18.7 Å². The van der Waals surface area contributed by atoms with Crippen LogP contribution in [0.5, 0.6) is 0 Å². The average Bonchev–Trinajstić information content (AvgIpc) is 2.67. The normalized spacial score (nSPS) is 26.9. The molecular formula is C11H11F3O. The second kappa shape index (κ2) is 3.85. The zero-order valence-corrected chi connectivity index (χ0v) is 8.00. The van der Waals surface area contributed by atoms with Crippen LogP contribution >= 0.6 is 0 Å². The van der Waals surface area contributed by atoms with Gasteiger partial charge in [-0.2, -0.15) is 13.2 Å². The Labute approximate surface area is 85.9 Å². The monoisotopic (exact) mass is 216 g/mol. The predicted octanol–water partition coefficient (Wildman–Crippen LogP) is 3.33. The molecule has 0 N–H and O–H groups in total. The van der Waals surface area contributed by atoms with E-state index in [1.807, 2.05) is 0 Å².